The number of hydrogen-bond donors (Lipinski definition) is 2. The molecule has 3 aliphatic rings. The Balaban J connectivity index is 1.69. The monoisotopic (exact) mass is 282 g/mol. The Labute approximate surface area is 119 Å². The lowest BCUT2D eigenvalue weighted by atomic mass is 9.78. The maximum Gasteiger partial charge on any atom is 0.233 e. The third-order valence-corrected chi connectivity index (χ3v) is 5.70. The molecule has 0 aromatic carbocycles. The summed E-state index contributed by atoms with van der Waals surface area (Å²) >= 11 is 5.17. The highest BCUT2D eigenvalue weighted by atomic mass is 32.1. The largest absolute Gasteiger partial charge is 0.392 e. The molecule has 2 bridgehead atoms. The van der Waals surface area contributed by atoms with E-state index in [4.69, 9.17) is 22.7 Å². The molecule has 0 spiro atoms. The van der Waals surface area contributed by atoms with Gasteiger partial charge in [0, 0.05) is 19.3 Å². The summed E-state index contributed by atoms with van der Waals surface area (Å²) in [6.45, 7) is 1.14. The van der Waals surface area contributed by atoms with Crippen molar-refractivity contribution < 1.29 is 9.53 Å². The molecule has 106 valence electrons. The summed E-state index contributed by atoms with van der Waals surface area (Å²) in [5.41, 5.74) is 5.20. The topological polar surface area (TPSA) is 64.4 Å². The van der Waals surface area contributed by atoms with E-state index in [1.165, 1.54) is 19.3 Å². The third-order valence-electron chi connectivity index (χ3n) is 5.31. The van der Waals surface area contributed by atoms with E-state index >= 15 is 0 Å². The fourth-order valence-electron chi connectivity index (χ4n) is 4.03. The van der Waals surface area contributed by atoms with E-state index in [0.717, 1.165) is 12.3 Å². The van der Waals surface area contributed by atoms with Crippen molar-refractivity contribution in [3.8, 4) is 0 Å². The normalized spacial score (nSPS) is 36.1. The molecule has 3 atom stereocenters. The number of amides is 1. The van der Waals surface area contributed by atoms with Gasteiger partial charge in [0.2, 0.25) is 5.91 Å². The van der Waals surface area contributed by atoms with Crippen LogP contribution in [0, 0.1) is 17.3 Å². The van der Waals surface area contributed by atoms with Crippen LogP contribution >= 0.6 is 12.2 Å². The van der Waals surface area contributed by atoms with E-state index in [1.807, 2.05) is 0 Å². The highest BCUT2D eigenvalue weighted by Gasteiger charge is 2.46. The molecular weight excluding hydrogens is 260 g/mol. The zero-order valence-corrected chi connectivity index (χ0v) is 12.0. The van der Waals surface area contributed by atoms with Gasteiger partial charge >= 0.3 is 0 Å². The van der Waals surface area contributed by atoms with Crippen LogP contribution in [0.5, 0.6) is 0 Å². The molecule has 0 aromatic heterocycles. The van der Waals surface area contributed by atoms with Crippen LogP contribution in [0.25, 0.3) is 0 Å². The predicted octanol–water partition coefficient (Wildman–Crippen LogP) is 1.37. The summed E-state index contributed by atoms with van der Waals surface area (Å²) in [6.07, 6.45) is 6.27. The van der Waals surface area contributed by atoms with Crippen molar-refractivity contribution in [2.24, 2.45) is 23.0 Å². The Bertz CT molecular complexity index is 393. The first-order valence-electron chi connectivity index (χ1n) is 7.30. The van der Waals surface area contributed by atoms with Crippen molar-refractivity contribution in [2.45, 2.75) is 44.6 Å². The van der Waals surface area contributed by atoms with Crippen LogP contribution in [0.3, 0.4) is 0 Å². The summed E-state index contributed by atoms with van der Waals surface area (Å²) in [5.74, 6) is 1.55. The number of hydrogen-bond acceptors (Lipinski definition) is 3. The summed E-state index contributed by atoms with van der Waals surface area (Å²) in [5, 5.41) is 3.24. The van der Waals surface area contributed by atoms with E-state index in [-0.39, 0.29) is 5.91 Å². The summed E-state index contributed by atoms with van der Waals surface area (Å²) in [7, 11) is 0. The van der Waals surface area contributed by atoms with Gasteiger partial charge in [-0.05, 0) is 43.9 Å². The first-order chi connectivity index (χ1) is 9.12. The second-order valence-corrected chi connectivity index (χ2v) is 6.75. The van der Waals surface area contributed by atoms with Gasteiger partial charge in [0.05, 0.1) is 4.99 Å². The van der Waals surface area contributed by atoms with Crippen LogP contribution in [0.1, 0.15) is 38.5 Å². The summed E-state index contributed by atoms with van der Waals surface area (Å²) < 4.78 is 5.35. The lowest BCUT2D eigenvalue weighted by Gasteiger charge is -2.36. The molecule has 4 nitrogen and oxygen atoms in total. The van der Waals surface area contributed by atoms with E-state index in [1.54, 1.807) is 0 Å². The number of carbonyl (C=O) groups is 1. The molecule has 5 heteroatoms. The molecule has 1 saturated heterocycles. The number of thiocarbonyl (C=S) groups is 1. The van der Waals surface area contributed by atoms with Crippen molar-refractivity contribution in [1.82, 2.24) is 5.32 Å². The maximum atomic E-state index is 12.7. The van der Waals surface area contributed by atoms with Gasteiger partial charge in [0.25, 0.3) is 0 Å². The number of nitrogens with one attached hydrogen (secondary N) is 1. The van der Waals surface area contributed by atoms with Gasteiger partial charge in [-0.2, -0.15) is 0 Å². The van der Waals surface area contributed by atoms with Crippen molar-refractivity contribution in [2.75, 3.05) is 13.2 Å². The molecule has 0 aromatic rings. The number of nitrogens with two attached hydrogens (primary N) is 1. The van der Waals surface area contributed by atoms with Crippen molar-refractivity contribution >= 4 is 23.1 Å². The Hall–Kier alpha value is -0.680. The molecule has 19 heavy (non-hydrogen) atoms. The van der Waals surface area contributed by atoms with Gasteiger partial charge < -0.3 is 15.8 Å². The van der Waals surface area contributed by atoms with E-state index < -0.39 is 5.41 Å². The molecule has 3 fully saturated rings. The van der Waals surface area contributed by atoms with Gasteiger partial charge in [-0.1, -0.05) is 18.6 Å². The minimum Gasteiger partial charge on any atom is -0.392 e. The summed E-state index contributed by atoms with van der Waals surface area (Å²) in [6, 6.07) is 0.348. The molecule has 1 heterocycles. The molecule has 2 saturated carbocycles. The first-order valence-corrected chi connectivity index (χ1v) is 7.71. The molecule has 0 radical (unpaired) electrons. The van der Waals surface area contributed by atoms with Crippen LogP contribution in [-0.2, 0) is 9.53 Å². The number of rotatable bonds is 3. The highest BCUT2D eigenvalue weighted by molar-refractivity contribution is 7.80. The minimum atomic E-state index is -0.671. The van der Waals surface area contributed by atoms with Crippen LogP contribution < -0.4 is 11.1 Å². The second kappa shape index (κ2) is 5.02. The van der Waals surface area contributed by atoms with Gasteiger partial charge in [-0.15, -0.1) is 0 Å². The Morgan fingerprint density at radius 2 is 2.00 bits per heavy atom. The number of ether oxygens (including phenoxy) is 1. The molecule has 2 aliphatic carbocycles. The van der Waals surface area contributed by atoms with E-state index in [9.17, 15) is 4.79 Å². The van der Waals surface area contributed by atoms with Crippen LogP contribution in [0.4, 0.5) is 0 Å². The lowest BCUT2D eigenvalue weighted by Crippen LogP contribution is -2.54. The van der Waals surface area contributed by atoms with Crippen molar-refractivity contribution in [3.05, 3.63) is 0 Å². The van der Waals surface area contributed by atoms with Crippen LogP contribution in [-0.4, -0.2) is 30.2 Å². The zero-order valence-electron chi connectivity index (χ0n) is 11.2. The SMILES string of the molecule is NC(=S)C1(C(=O)NC2CC3CCC2C3)CCOCC1. The average Bonchev–Trinajstić information content (AvgIpc) is 3.01. The van der Waals surface area contributed by atoms with Crippen LogP contribution in [0.2, 0.25) is 0 Å². The van der Waals surface area contributed by atoms with Crippen molar-refractivity contribution in [1.29, 1.82) is 0 Å². The van der Waals surface area contributed by atoms with E-state index in [0.29, 0.717) is 43.0 Å². The minimum absolute atomic E-state index is 0.0425. The molecule has 1 aliphatic heterocycles. The standard InChI is InChI=1S/C14H22N2O2S/c15-12(19)14(3-5-18-6-4-14)13(17)16-11-8-9-1-2-10(11)7-9/h9-11H,1-8H2,(H2,15,19)(H,16,17). The van der Waals surface area contributed by atoms with Crippen molar-refractivity contribution in [3.63, 3.8) is 0 Å². The van der Waals surface area contributed by atoms with Gasteiger partial charge in [0.15, 0.2) is 0 Å². The number of fused-ring (bicyclic) bond motifs is 2. The average molecular weight is 282 g/mol. The molecule has 3 rings (SSSR count). The lowest BCUT2D eigenvalue weighted by molar-refractivity contribution is -0.132. The fraction of sp³-hybridized carbons (Fsp3) is 0.857. The molecular formula is C14H22N2O2S. The Morgan fingerprint density at radius 1 is 1.26 bits per heavy atom. The highest BCUT2D eigenvalue weighted by Crippen LogP contribution is 2.45. The van der Waals surface area contributed by atoms with E-state index in [2.05, 4.69) is 5.32 Å². The molecule has 3 N–H and O–H groups in total. The Morgan fingerprint density at radius 3 is 2.53 bits per heavy atom. The second-order valence-electron chi connectivity index (χ2n) is 6.31. The molecule has 3 unspecified atom stereocenters. The quantitative estimate of drug-likeness (QED) is 0.768. The maximum absolute atomic E-state index is 12.7. The van der Waals surface area contributed by atoms with Gasteiger partial charge in [-0.25, -0.2) is 0 Å². The van der Waals surface area contributed by atoms with Gasteiger partial charge in [0.1, 0.15) is 5.41 Å². The zero-order chi connectivity index (χ0) is 13.5. The molecule has 1 amide bonds. The van der Waals surface area contributed by atoms with Gasteiger partial charge in [-0.3, -0.25) is 4.79 Å². The summed E-state index contributed by atoms with van der Waals surface area (Å²) in [4.78, 5) is 13.0. The number of carbonyl (C=O) groups excluding carboxylic acids is 1. The third kappa shape index (κ3) is 2.27. The smallest absolute Gasteiger partial charge is 0.233 e. The Kier molecular flexibility index (Phi) is 3.52. The first kappa shape index (κ1) is 13.3. The predicted molar refractivity (Wildman–Crippen MR) is 76.7 cm³/mol. The van der Waals surface area contributed by atoms with Crippen LogP contribution in [0.15, 0.2) is 0 Å². The fourth-order valence-corrected chi connectivity index (χ4v) is 4.33.